The fourth-order valence-electron chi connectivity index (χ4n) is 1.78. The molecule has 0 aliphatic heterocycles. The number of anilines is 1. The SMILES string of the molecule is Cc1ccc(C=CC(=O)O)cc1NC(=O)Cn1cccn1. The first-order valence-electron chi connectivity index (χ1n) is 6.33. The lowest BCUT2D eigenvalue weighted by Crippen LogP contribution is -2.19. The lowest BCUT2D eigenvalue weighted by Gasteiger charge is -2.09. The van der Waals surface area contributed by atoms with Crippen LogP contribution in [0.2, 0.25) is 0 Å². The number of rotatable bonds is 5. The summed E-state index contributed by atoms with van der Waals surface area (Å²) in [5, 5.41) is 15.4. The number of amides is 1. The molecule has 0 aliphatic carbocycles. The summed E-state index contributed by atoms with van der Waals surface area (Å²) in [5.74, 6) is -1.21. The van der Waals surface area contributed by atoms with Crippen LogP contribution in [0, 0.1) is 6.92 Å². The highest BCUT2D eigenvalue weighted by molar-refractivity contribution is 5.92. The second-order valence-electron chi connectivity index (χ2n) is 4.50. The van der Waals surface area contributed by atoms with E-state index in [2.05, 4.69) is 10.4 Å². The quantitative estimate of drug-likeness (QED) is 0.822. The Balaban J connectivity index is 2.09. The van der Waals surface area contributed by atoms with Crippen molar-refractivity contribution < 1.29 is 14.7 Å². The Kier molecular flexibility index (Phi) is 4.50. The highest BCUT2D eigenvalue weighted by atomic mass is 16.4. The van der Waals surface area contributed by atoms with Gasteiger partial charge in [0.05, 0.1) is 0 Å². The monoisotopic (exact) mass is 285 g/mol. The molecular formula is C15H15N3O3. The molecule has 1 aromatic carbocycles. The molecule has 2 N–H and O–H groups in total. The Morgan fingerprint density at radius 2 is 2.24 bits per heavy atom. The molecule has 0 unspecified atom stereocenters. The van der Waals surface area contributed by atoms with Crippen LogP contribution < -0.4 is 5.32 Å². The van der Waals surface area contributed by atoms with Gasteiger partial charge in [0.1, 0.15) is 6.54 Å². The van der Waals surface area contributed by atoms with Gasteiger partial charge in [-0.15, -0.1) is 0 Å². The van der Waals surface area contributed by atoms with E-state index < -0.39 is 5.97 Å². The minimum Gasteiger partial charge on any atom is -0.478 e. The van der Waals surface area contributed by atoms with E-state index in [1.807, 2.05) is 13.0 Å². The van der Waals surface area contributed by atoms with Gasteiger partial charge in [-0.1, -0.05) is 12.1 Å². The Hall–Kier alpha value is -2.89. The largest absolute Gasteiger partial charge is 0.478 e. The molecule has 21 heavy (non-hydrogen) atoms. The molecule has 2 aromatic rings. The molecule has 1 amide bonds. The van der Waals surface area contributed by atoms with E-state index in [1.54, 1.807) is 30.6 Å². The van der Waals surface area contributed by atoms with Gasteiger partial charge in [0.2, 0.25) is 5.91 Å². The molecule has 0 saturated carbocycles. The minimum absolute atomic E-state index is 0.127. The zero-order chi connectivity index (χ0) is 15.2. The smallest absolute Gasteiger partial charge is 0.328 e. The summed E-state index contributed by atoms with van der Waals surface area (Å²) in [7, 11) is 0. The number of hydrogen-bond acceptors (Lipinski definition) is 3. The fraction of sp³-hybridized carbons (Fsp3) is 0.133. The van der Waals surface area contributed by atoms with Gasteiger partial charge in [-0.25, -0.2) is 4.79 Å². The van der Waals surface area contributed by atoms with Crippen LogP contribution in [0.15, 0.2) is 42.7 Å². The summed E-state index contributed by atoms with van der Waals surface area (Å²) < 4.78 is 1.53. The Morgan fingerprint density at radius 3 is 2.90 bits per heavy atom. The average Bonchev–Trinajstić information content (AvgIpc) is 2.92. The predicted octanol–water partition coefficient (Wildman–Crippen LogP) is 1.93. The third-order valence-electron chi connectivity index (χ3n) is 2.82. The number of hydrogen-bond donors (Lipinski definition) is 2. The number of carbonyl (C=O) groups excluding carboxylic acids is 1. The second-order valence-corrected chi connectivity index (χ2v) is 4.50. The summed E-state index contributed by atoms with van der Waals surface area (Å²) in [6.07, 6.45) is 5.85. The Bertz CT molecular complexity index is 675. The van der Waals surface area contributed by atoms with Crippen molar-refractivity contribution in [3.05, 3.63) is 53.9 Å². The summed E-state index contributed by atoms with van der Waals surface area (Å²) in [6, 6.07) is 7.09. The molecule has 0 aliphatic rings. The number of aromatic nitrogens is 2. The van der Waals surface area contributed by atoms with Gasteiger partial charge in [0, 0.05) is 24.2 Å². The molecule has 0 spiro atoms. The molecule has 0 fully saturated rings. The second kappa shape index (κ2) is 6.51. The standard InChI is InChI=1S/C15H15N3O3/c1-11-3-4-12(5-6-15(20)21)9-13(11)17-14(19)10-18-8-2-7-16-18/h2-9H,10H2,1H3,(H,17,19)(H,20,21). The van der Waals surface area contributed by atoms with E-state index in [0.29, 0.717) is 11.3 Å². The maximum Gasteiger partial charge on any atom is 0.328 e. The minimum atomic E-state index is -1.01. The van der Waals surface area contributed by atoms with E-state index in [-0.39, 0.29) is 12.5 Å². The highest BCUT2D eigenvalue weighted by Gasteiger charge is 2.06. The third kappa shape index (κ3) is 4.31. The number of aryl methyl sites for hydroxylation is 1. The van der Waals surface area contributed by atoms with E-state index in [1.165, 1.54) is 10.8 Å². The number of carbonyl (C=O) groups is 2. The van der Waals surface area contributed by atoms with Crippen molar-refractivity contribution in [2.24, 2.45) is 0 Å². The van der Waals surface area contributed by atoms with Crippen LogP contribution in [0.3, 0.4) is 0 Å². The van der Waals surface area contributed by atoms with Crippen molar-refractivity contribution in [2.75, 3.05) is 5.32 Å². The average molecular weight is 285 g/mol. The van der Waals surface area contributed by atoms with Crippen molar-refractivity contribution in [3.63, 3.8) is 0 Å². The van der Waals surface area contributed by atoms with Gasteiger partial charge in [-0.3, -0.25) is 9.48 Å². The van der Waals surface area contributed by atoms with Gasteiger partial charge in [-0.2, -0.15) is 5.10 Å². The van der Waals surface area contributed by atoms with E-state index in [0.717, 1.165) is 11.6 Å². The van der Waals surface area contributed by atoms with E-state index >= 15 is 0 Å². The molecule has 0 bridgehead atoms. The van der Waals surface area contributed by atoms with Crippen LogP contribution in [0.25, 0.3) is 6.08 Å². The molecule has 0 radical (unpaired) electrons. The van der Waals surface area contributed by atoms with Crippen LogP contribution in [-0.4, -0.2) is 26.8 Å². The zero-order valence-electron chi connectivity index (χ0n) is 11.5. The molecule has 0 saturated heterocycles. The number of carboxylic acids is 1. The Labute approximate surface area is 121 Å². The van der Waals surface area contributed by atoms with Crippen LogP contribution in [0.5, 0.6) is 0 Å². The number of carboxylic acid groups (broad SMARTS) is 1. The van der Waals surface area contributed by atoms with Crippen LogP contribution in [-0.2, 0) is 16.1 Å². The molecule has 6 heteroatoms. The zero-order valence-corrected chi connectivity index (χ0v) is 11.5. The summed E-state index contributed by atoms with van der Waals surface area (Å²) >= 11 is 0. The summed E-state index contributed by atoms with van der Waals surface area (Å²) in [6.45, 7) is 2.00. The molecular weight excluding hydrogens is 270 g/mol. The van der Waals surface area contributed by atoms with Gasteiger partial charge in [0.15, 0.2) is 0 Å². The van der Waals surface area contributed by atoms with Crippen LogP contribution in [0.4, 0.5) is 5.69 Å². The Morgan fingerprint density at radius 1 is 1.43 bits per heavy atom. The number of benzene rings is 1. The van der Waals surface area contributed by atoms with Crippen LogP contribution >= 0.6 is 0 Å². The first-order valence-corrected chi connectivity index (χ1v) is 6.33. The number of nitrogens with zero attached hydrogens (tertiary/aromatic N) is 2. The lowest BCUT2D eigenvalue weighted by atomic mass is 10.1. The number of aliphatic carboxylic acids is 1. The van der Waals surface area contributed by atoms with Gasteiger partial charge in [-0.05, 0) is 36.3 Å². The first kappa shape index (κ1) is 14.5. The topological polar surface area (TPSA) is 84.2 Å². The maximum absolute atomic E-state index is 11.9. The molecule has 0 atom stereocenters. The van der Waals surface area contributed by atoms with Crippen molar-refractivity contribution in [1.82, 2.24) is 9.78 Å². The maximum atomic E-state index is 11.9. The number of nitrogens with one attached hydrogen (secondary N) is 1. The van der Waals surface area contributed by atoms with Gasteiger partial charge in [0.25, 0.3) is 0 Å². The molecule has 1 heterocycles. The van der Waals surface area contributed by atoms with Gasteiger partial charge < -0.3 is 10.4 Å². The lowest BCUT2D eigenvalue weighted by molar-refractivity contribution is -0.131. The summed E-state index contributed by atoms with van der Waals surface area (Å²) in [5.41, 5.74) is 2.26. The van der Waals surface area contributed by atoms with Gasteiger partial charge >= 0.3 is 5.97 Å². The molecule has 6 nitrogen and oxygen atoms in total. The van der Waals surface area contributed by atoms with E-state index in [9.17, 15) is 9.59 Å². The normalized spacial score (nSPS) is 10.7. The van der Waals surface area contributed by atoms with Crippen molar-refractivity contribution in [2.45, 2.75) is 13.5 Å². The van der Waals surface area contributed by atoms with E-state index in [4.69, 9.17) is 5.11 Å². The molecule has 108 valence electrons. The third-order valence-corrected chi connectivity index (χ3v) is 2.82. The summed E-state index contributed by atoms with van der Waals surface area (Å²) in [4.78, 5) is 22.4. The van der Waals surface area contributed by atoms with Crippen molar-refractivity contribution in [3.8, 4) is 0 Å². The van der Waals surface area contributed by atoms with Crippen molar-refractivity contribution in [1.29, 1.82) is 0 Å². The first-order chi connectivity index (χ1) is 10.0. The fourth-order valence-corrected chi connectivity index (χ4v) is 1.78. The highest BCUT2D eigenvalue weighted by Crippen LogP contribution is 2.18. The molecule has 2 rings (SSSR count). The molecule has 1 aromatic heterocycles. The van der Waals surface area contributed by atoms with Crippen LogP contribution in [0.1, 0.15) is 11.1 Å². The van der Waals surface area contributed by atoms with Crippen molar-refractivity contribution >= 4 is 23.6 Å². The predicted molar refractivity (Wildman–Crippen MR) is 78.7 cm³/mol.